The summed E-state index contributed by atoms with van der Waals surface area (Å²) in [5.74, 6) is -0.378. The van der Waals surface area contributed by atoms with E-state index in [4.69, 9.17) is 4.74 Å². The molecule has 2 bridgehead atoms. The Morgan fingerprint density at radius 1 is 1.32 bits per heavy atom. The van der Waals surface area contributed by atoms with Crippen LogP contribution in [0.3, 0.4) is 0 Å². The van der Waals surface area contributed by atoms with Crippen molar-refractivity contribution in [1.82, 2.24) is 0 Å². The summed E-state index contributed by atoms with van der Waals surface area (Å²) in [5, 5.41) is 3.02. The van der Waals surface area contributed by atoms with Crippen molar-refractivity contribution >= 4 is 33.5 Å². The fourth-order valence-electron chi connectivity index (χ4n) is 4.50. The monoisotopic (exact) mass is 363 g/mol. The van der Waals surface area contributed by atoms with Crippen LogP contribution < -0.4 is 5.32 Å². The summed E-state index contributed by atoms with van der Waals surface area (Å²) < 4.78 is 5.46. The van der Waals surface area contributed by atoms with Crippen molar-refractivity contribution in [2.45, 2.75) is 31.2 Å². The van der Waals surface area contributed by atoms with E-state index in [0.29, 0.717) is 0 Å². The molecule has 1 amide bonds. The first kappa shape index (κ1) is 14.2. The van der Waals surface area contributed by atoms with Crippen molar-refractivity contribution in [3.05, 3.63) is 29.3 Å². The summed E-state index contributed by atoms with van der Waals surface area (Å²) in [4.78, 5) is 25.0. The van der Waals surface area contributed by atoms with Crippen molar-refractivity contribution in [2.24, 2.45) is 23.7 Å². The van der Waals surface area contributed by atoms with E-state index in [1.54, 1.807) is 0 Å². The van der Waals surface area contributed by atoms with Gasteiger partial charge in [-0.05, 0) is 37.8 Å². The van der Waals surface area contributed by atoms with Crippen LogP contribution in [0.15, 0.2) is 18.2 Å². The number of alkyl halides is 1. The van der Waals surface area contributed by atoms with Gasteiger partial charge in [0.15, 0.2) is 0 Å². The van der Waals surface area contributed by atoms with E-state index >= 15 is 0 Å². The molecule has 4 rings (SSSR count). The number of ether oxygens (including phenoxy) is 1. The molecule has 1 saturated heterocycles. The fraction of sp³-hybridized carbons (Fsp3) is 0.529. The summed E-state index contributed by atoms with van der Waals surface area (Å²) in [7, 11) is 0. The Bertz CT molecular complexity index is 674. The molecule has 1 N–H and O–H groups in total. The van der Waals surface area contributed by atoms with Gasteiger partial charge in [0.05, 0.1) is 16.7 Å². The third-order valence-corrected chi connectivity index (χ3v) is 6.67. The van der Waals surface area contributed by atoms with Crippen LogP contribution in [0.4, 0.5) is 5.69 Å². The molecule has 3 aliphatic rings. The molecule has 6 atom stereocenters. The number of benzene rings is 1. The number of esters is 1. The van der Waals surface area contributed by atoms with Gasteiger partial charge in [-0.3, -0.25) is 9.59 Å². The number of anilines is 1. The Labute approximate surface area is 137 Å². The number of halogens is 1. The molecule has 116 valence electrons. The van der Waals surface area contributed by atoms with Gasteiger partial charge in [0.2, 0.25) is 5.91 Å². The number of carbonyl (C=O) groups is 2. The van der Waals surface area contributed by atoms with E-state index in [9.17, 15) is 9.59 Å². The third kappa shape index (κ3) is 1.87. The standard InChI is InChI=1S/C17H18BrNO3/c1-7-3-4-11(8(2)5-7)19-16(20)12-9-6-10-13(12)17(21)22-15(10)14(9)18/h3-5,9-10,12-15H,6H2,1-2H3,(H,19,20)/t9-,10-,12-,13+,14+,15+/m1/s1. The molecule has 0 unspecified atom stereocenters. The maximum absolute atomic E-state index is 12.8. The highest BCUT2D eigenvalue weighted by Gasteiger charge is 2.67. The predicted molar refractivity (Wildman–Crippen MR) is 85.7 cm³/mol. The number of nitrogens with one attached hydrogen (secondary N) is 1. The lowest BCUT2D eigenvalue weighted by molar-refractivity contribution is -0.145. The molecule has 1 aromatic carbocycles. The first-order valence-electron chi connectivity index (χ1n) is 7.70. The maximum atomic E-state index is 12.8. The van der Waals surface area contributed by atoms with E-state index in [-0.39, 0.29) is 46.5 Å². The van der Waals surface area contributed by atoms with Gasteiger partial charge >= 0.3 is 5.97 Å². The molecular formula is C17H18BrNO3. The molecule has 0 aromatic heterocycles. The number of amides is 1. The number of hydrogen-bond acceptors (Lipinski definition) is 3. The van der Waals surface area contributed by atoms with E-state index in [2.05, 4.69) is 21.2 Å². The van der Waals surface area contributed by atoms with E-state index in [1.807, 2.05) is 32.0 Å². The van der Waals surface area contributed by atoms with Crippen molar-refractivity contribution in [1.29, 1.82) is 0 Å². The number of aryl methyl sites for hydroxylation is 2. The quantitative estimate of drug-likeness (QED) is 0.649. The summed E-state index contributed by atoms with van der Waals surface area (Å²) in [5.41, 5.74) is 3.03. The molecule has 1 heterocycles. The van der Waals surface area contributed by atoms with E-state index in [1.165, 1.54) is 0 Å². The molecule has 2 aliphatic carbocycles. The average molecular weight is 364 g/mol. The Balaban J connectivity index is 1.59. The predicted octanol–water partition coefficient (Wildman–Crippen LogP) is 2.81. The molecule has 22 heavy (non-hydrogen) atoms. The summed E-state index contributed by atoms with van der Waals surface area (Å²) >= 11 is 3.64. The van der Waals surface area contributed by atoms with Gasteiger partial charge in [0, 0.05) is 11.6 Å². The molecule has 1 aromatic rings. The highest BCUT2D eigenvalue weighted by atomic mass is 79.9. The largest absolute Gasteiger partial charge is 0.461 e. The number of hydrogen-bond donors (Lipinski definition) is 1. The number of carbonyl (C=O) groups excluding carboxylic acids is 2. The SMILES string of the molecule is Cc1ccc(NC(=O)[C@@H]2[C@H]3C[C@H]4[C@H](OC(=O)[C@@H]42)[C@H]3Br)c(C)c1. The normalized spacial score (nSPS) is 38.2. The Morgan fingerprint density at radius 2 is 2.09 bits per heavy atom. The zero-order valence-corrected chi connectivity index (χ0v) is 14.1. The van der Waals surface area contributed by atoms with Crippen molar-refractivity contribution in [3.63, 3.8) is 0 Å². The minimum atomic E-state index is -0.277. The average Bonchev–Trinajstić information content (AvgIpc) is 3.06. The lowest BCUT2D eigenvalue weighted by Crippen LogP contribution is -2.40. The van der Waals surface area contributed by atoms with Gasteiger partial charge in [-0.25, -0.2) is 0 Å². The van der Waals surface area contributed by atoms with Gasteiger partial charge in [-0.1, -0.05) is 33.6 Å². The van der Waals surface area contributed by atoms with Crippen molar-refractivity contribution in [3.8, 4) is 0 Å². The molecular weight excluding hydrogens is 346 g/mol. The van der Waals surface area contributed by atoms with Crippen LogP contribution in [-0.2, 0) is 14.3 Å². The Morgan fingerprint density at radius 3 is 2.82 bits per heavy atom. The second kappa shape index (κ2) is 4.82. The summed E-state index contributed by atoms with van der Waals surface area (Å²) in [6.45, 7) is 4.01. The smallest absolute Gasteiger partial charge is 0.310 e. The zero-order chi connectivity index (χ0) is 15.6. The molecule has 5 heteroatoms. The van der Waals surface area contributed by atoms with Gasteiger partial charge in [0.1, 0.15) is 6.10 Å². The van der Waals surface area contributed by atoms with Gasteiger partial charge in [-0.15, -0.1) is 0 Å². The minimum Gasteiger partial charge on any atom is -0.461 e. The second-order valence-corrected chi connectivity index (χ2v) is 7.83. The van der Waals surface area contributed by atoms with Crippen LogP contribution in [0.2, 0.25) is 0 Å². The van der Waals surface area contributed by atoms with Crippen molar-refractivity contribution < 1.29 is 14.3 Å². The maximum Gasteiger partial charge on any atom is 0.310 e. The number of fused-ring (bicyclic) bond motifs is 1. The van der Waals surface area contributed by atoms with Gasteiger partial charge in [0.25, 0.3) is 0 Å². The van der Waals surface area contributed by atoms with E-state index in [0.717, 1.165) is 23.2 Å². The second-order valence-electron chi connectivity index (χ2n) is 6.77. The van der Waals surface area contributed by atoms with Crippen LogP contribution in [0.25, 0.3) is 0 Å². The van der Waals surface area contributed by atoms with Gasteiger partial charge < -0.3 is 10.1 Å². The summed E-state index contributed by atoms with van der Waals surface area (Å²) in [6.07, 6.45) is 0.870. The van der Waals surface area contributed by atoms with Gasteiger partial charge in [-0.2, -0.15) is 0 Å². The van der Waals surface area contributed by atoms with Crippen molar-refractivity contribution in [2.75, 3.05) is 5.32 Å². The van der Waals surface area contributed by atoms with E-state index < -0.39 is 0 Å². The van der Waals surface area contributed by atoms with Crippen LogP contribution in [-0.4, -0.2) is 22.8 Å². The molecule has 0 spiro atoms. The van der Waals surface area contributed by atoms with Crippen LogP contribution >= 0.6 is 15.9 Å². The highest BCUT2D eigenvalue weighted by Crippen LogP contribution is 2.60. The lowest BCUT2D eigenvalue weighted by Gasteiger charge is -2.27. The first-order valence-corrected chi connectivity index (χ1v) is 8.61. The Kier molecular flexibility index (Phi) is 3.12. The molecule has 4 nitrogen and oxygen atoms in total. The highest BCUT2D eigenvalue weighted by molar-refractivity contribution is 9.09. The fourth-order valence-corrected chi connectivity index (χ4v) is 5.54. The third-order valence-electron chi connectivity index (χ3n) is 5.47. The first-order chi connectivity index (χ1) is 10.5. The molecule has 2 saturated carbocycles. The molecule has 3 fully saturated rings. The van der Waals surface area contributed by atoms with Crippen LogP contribution in [0, 0.1) is 37.5 Å². The summed E-state index contributed by atoms with van der Waals surface area (Å²) in [6, 6.07) is 5.96. The molecule has 1 aliphatic heterocycles. The lowest BCUT2D eigenvalue weighted by atomic mass is 9.79. The minimum absolute atomic E-state index is 0.0346. The topological polar surface area (TPSA) is 55.4 Å². The van der Waals surface area contributed by atoms with Crippen LogP contribution in [0.1, 0.15) is 17.5 Å². The number of rotatable bonds is 2. The zero-order valence-electron chi connectivity index (χ0n) is 12.5. The van der Waals surface area contributed by atoms with Crippen LogP contribution in [0.5, 0.6) is 0 Å². The Hall–Kier alpha value is -1.36. The molecule has 0 radical (unpaired) electrons.